The fourth-order valence-electron chi connectivity index (χ4n) is 4.73. The normalized spacial score (nSPS) is 25.6. The van der Waals surface area contributed by atoms with Gasteiger partial charge in [-0.1, -0.05) is 6.07 Å². The Morgan fingerprint density at radius 1 is 1.00 bits per heavy atom. The molecule has 32 heavy (non-hydrogen) atoms. The number of fused-ring (bicyclic) bond motifs is 1. The number of nitrogens with zero attached hydrogens (tertiary/aromatic N) is 1. The van der Waals surface area contributed by atoms with Crippen molar-refractivity contribution in [2.24, 2.45) is 11.7 Å². The Morgan fingerprint density at radius 2 is 1.72 bits per heavy atom. The number of primary amides is 1. The molecule has 10 heteroatoms. The highest BCUT2D eigenvalue weighted by Gasteiger charge is 2.35. The summed E-state index contributed by atoms with van der Waals surface area (Å²) in [7, 11) is 0. The third kappa shape index (κ3) is 4.80. The minimum atomic E-state index is -0.566. The van der Waals surface area contributed by atoms with Gasteiger partial charge in [0.1, 0.15) is 0 Å². The lowest BCUT2D eigenvalue weighted by atomic mass is 9.86. The van der Waals surface area contributed by atoms with Crippen LogP contribution in [-0.2, 0) is 27.5 Å². The highest BCUT2D eigenvalue weighted by molar-refractivity contribution is 6.04. The number of hydrogen-bond donors (Lipinski definition) is 4. The van der Waals surface area contributed by atoms with Gasteiger partial charge in [0.05, 0.1) is 6.04 Å². The molecule has 170 valence electrons. The molecular weight excluding hydrogens is 414 g/mol. The van der Waals surface area contributed by atoms with Crippen molar-refractivity contribution in [3.8, 4) is 0 Å². The van der Waals surface area contributed by atoms with E-state index in [1.54, 1.807) is 12.1 Å². The van der Waals surface area contributed by atoms with Crippen LogP contribution in [0.3, 0.4) is 0 Å². The molecule has 1 atom stereocenters. The van der Waals surface area contributed by atoms with Crippen molar-refractivity contribution in [2.45, 2.75) is 63.7 Å². The number of carbonyl (C=O) groups is 5. The van der Waals surface area contributed by atoms with E-state index in [2.05, 4.69) is 16.0 Å². The number of imide groups is 2. The zero-order valence-electron chi connectivity index (χ0n) is 17.7. The van der Waals surface area contributed by atoms with Gasteiger partial charge in [0.15, 0.2) is 0 Å². The third-order valence-corrected chi connectivity index (χ3v) is 6.56. The molecule has 10 nitrogen and oxygen atoms in total. The van der Waals surface area contributed by atoms with Crippen LogP contribution in [0.1, 0.15) is 60.0 Å². The Morgan fingerprint density at radius 3 is 2.41 bits per heavy atom. The number of carbonyl (C=O) groups excluding carboxylic acids is 5. The second-order valence-electron chi connectivity index (χ2n) is 8.73. The molecule has 2 aliphatic heterocycles. The first-order valence-corrected chi connectivity index (χ1v) is 10.9. The second-order valence-corrected chi connectivity index (χ2v) is 8.73. The van der Waals surface area contributed by atoms with E-state index in [0.29, 0.717) is 57.2 Å². The van der Waals surface area contributed by atoms with Crippen LogP contribution < -0.4 is 21.7 Å². The van der Waals surface area contributed by atoms with E-state index >= 15 is 0 Å². The summed E-state index contributed by atoms with van der Waals surface area (Å²) >= 11 is 0. The van der Waals surface area contributed by atoms with Gasteiger partial charge in [0.2, 0.25) is 17.7 Å². The van der Waals surface area contributed by atoms with Crippen molar-refractivity contribution in [3.63, 3.8) is 0 Å². The predicted molar refractivity (Wildman–Crippen MR) is 113 cm³/mol. The number of hydrogen-bond acceptors (Lipinski definition) is 6. The van der Waals surface area contributed by atoms with Gasteiger partial charge in [-0.05, 0) is 55.4 Å². The highest BCUT2D eigenvalue weighted by Crippen LogP contribution is 2.28. The van der Waals surface area contributed by atoms with Crippen molar-refractivity contribution in [1.29, 1.82) is 0 Å². The van der Waals surface area contributed by atoms with Gasteiger partial charge in [0.25, 0.3) is 5.91 Å². The Labute approximate surface area is 185 Å². The first-order chi connectivity index (χ1) is 15.3. The minimum Gasteiger partial charge on any atom is -0.369 e. The van der Waals surface area contributed by atoms with E-state index in [-0.39, 0.29) is 35.7 Å². The first kappa shape index (κ1) is 21.9. The summed E-state index contributed by atoms with van der Waals surface area (Å²) in [6, 6.07) is 4.20. The van der Waals surface area contributed by atoms with E-state index in [9.17, 15) is 24.0 Å². The van der Waals surface area contributed by atoms with Crippen LogP contribution in [0.4, 0.5) is 4.79 Å². The van der Waals surface area contributed by atoms with Crippen LogP contribution >= 0.6 is 0 Å². The molecular formula is C22H27N5O5. The van der Waals surface area contributed by atoms with E-state index < -0.39 is 11.9 Å². The average molecular weight is 441 g/mol. The van der Waals surface area contributed by atoms with Crippen molar-refractivity contribution in [2.75, 3.05) is 0 Å². The molecule has 2 fully saturated rings. The number of nitrogens with one attached hydrogen (secondary N) is 3. The van der Waals surface area contributed by atoms with Crippen molar-refractivity contribution >= 4 is 29.7 Å². The van der Waals surface area contributed by atoms with Gasteiger partial charge in [-0.3, -0.25) is 34.7 Å². The number of nitrogens with two attached hydrogens (primary N) is 1. The summed E-state index contributed by atoms with van der Waals surface area (Å²) in [5.41, 5.74) is 7.63. The summed E-state index contributed by atoms with van der Waals surface area (Å²) in [4.78, 5) is 61.6. The van der Waals surface area contributed by atoms with Crippen LogP contribution in [0.5, 0.6) is 0 Å². The molecule has 1 aliphatic carbocycles. The molecule has 2 heterocycles. The Bertz CT molecular complexity index is 969. The van der Waals surface area contributed by atoms with Crippen LogP contribution in [-0.4, -0.2) is 46.6 Å². The molecule has 0 bridgehead atoms. The lowest BCUT2D eigenvalue weighted by molar-refractivity contribution is -0.137. The maximum absolute atomic E-state index is 12.6. The molecule has 6 amide bonds. The second kappa shape index (κ2) is 9.07. The van der Waals surface area contributed by atoms with Gasteiger partial charge in [-0.25, -0.2) is 4.79 Å². The number of amides is 6. The molecule has 0 aromatic heterocycles. The molecule has 0 spiro atoms. The maximum Gasteiger partial charge on any atom is 0.321 e. The summed E-state index contributed by atoms with van der Waals surface area (Å²) in [6.45, 7) is 1.07. The van der Waals surface area contributed by atoms with Crippen LogP contribution in [0, 0.1) is 5.92 Å². The molecule has 1 saturated carbocycles. The summed E-state index contributed by atoms with van der Waals surface area (Å²) in [5.74, 6) is -1.50. The predicted octanol–water partition coefficient (Wildman–Crippen LogP) is 0.291. The lowest BCUT2D eigenvalue weighted by Crippen LogP contribution is -2.50. The van der Waals surface area contributed by atoms with Gasteiger partial charge < -0.3 is 11.1 Å². The molecule has 1 aromatic carbocycles. The molecule has 1 saturated heterocycles. The zero-order chi connectivity index (χ0) is 22.8. The molecule has 1 aromatic rings. The number of piperidine rings is 1. The van der Waals surface area contributed by atoms with Crippen molar-refractivity contribution < 1.29 is 24.0 Å². The zero-order valence-corrected chi connectivity index (χ0v) is 17.7. The Balaban J connectivity index is 1.31. The smallest absolute Gasteiger partial charge is 0.321 e. The van der Waals surface area contributed by atoms with Crippen molar-refractivity contribution in [3.05, 3.63) is 34.9 Å². The largest absolute Gasteiger partial charge is 0.369 e. The summed E-state index contributed by atoms with van der Waals surface area (Å²) in [6.07, 6.45) is 3.34. The highest BCUT2D eigenvalue weighted by atomic mass is 16.2. The van der Waals surface area contributed by atoms with Gasteiger partial charge in [-0.2, -0.15) is 0 Å². The maximum atomic E-state index is 12.6. The Hall–Kier alpha value is -3.27. The molecule has 4 rings (SSSR count). The van der Waals surface area contributed by atoms with E-state index in [1.165, 1.54) is 0 Å². The average Bonchev–Trinajstić information content (AvgIpc) is 3.16. The number of urea groups is 1. The van der Waals surface area contributed by atoms with Gasteiger partial charge in [0, 0.05) is 37.0 Å². The lowest BCUT2D eigenvalue weighted by Gasteiger charge is -2.29. The standard InChI is InChI=1S/C22H27N5O5/c23-19(29)12-3-5-16(6-4-12)24-22(32)26-20(30)13-1-2-14-10-27(11-15(14)9-13)17-7-8-18(28)25-21(17)31/h1-2,9,12,16-17H,3-8,10-11H2,(H2,23,29)(H,25,28,31)(H2,24,26,30,32). The fourth-order valence-corrected chi connectivity index (χ4v) is 4.73. The number of rotatable bonds is 4. The number of benzene rings is 1. The first-order valence-electron chi connectivity index (χ1n) is 10.9. The van der Waals surface area contributed by atoms with Gasteiger partial charge >= 0.3 is 6.03 Å². The van der Waals surface area contributed by atoms with Crippen LogP contribution in [0.2, 0.25) is 0 Å². The van der Waals surface area contributed by atoms with Crippen LogP contribution in [0.25, 0.3) is 0 Å². The summed E-state index contributed by atoms with van der Waals surface area (Å²) in [5, 5.41) is 7.52. The molecule has 1 unspecified atom stereocenters. The fraction of sp³-hybridized carbons (Fsp3) is 0.500. The molecule has 0 radical (unpaired) electrons. The quantitative estimate of drug-likeness (QED) is 0.493. The van der Waals surface area contributed by atoms with Crippen LogP contribution in [0.15, 0.2) is 18.2 Å². The minimum absolute atomic E-state index is 0.0968. The SMILES string of the molecule is NC(=O)C1CCC(NC(=O)NC(=O)c2ccc3c(c2)CN(C2CCC(=O)NC2=O)C3)CC1. The molecule has 3 aliphatic rings. The molecule has 5 N–H and O–H groups in total. The topological polar surface area (TPSA) is 151 Å². The van der Waals surface area contributed by atoms with E-state index in [1.807, 2.05) is 11.0 Å². The summed E-state index contributed by atoms with van der Waals surface area (Å²) < 4.78 is 0. The third-order valence-electron chi connectivity index (χ3n) is 6.56. The van der Waals surface area contributed by atoms with Gasteiger partial charge in [-0.15, -0.1) is 0 Å². The monoisotopic (exact) mass is 441 g/mol. The van der Waals surface area contributed by atoms with E-state index in [0.717, 1.165) is 11.1 Å². The van der Waals surface area contributed by atoms with E-state index in [4.69, 9.17) is 5.73 Å². The van der Waals surface area contributed by atoms with Crippen molar-refractivity contribution in [1.82, 2.24) is 20.9 Å². The Kier molecular flexibility index (Phi) is 6.22.